The second kappa shape index (κ2) is 10.9. The summed E-state index contributed by atoms with van der Waals surface area (Å²) >= 11 is 0. The highest BCUT2D eigenvalue weighted by atomic mass is 16.4. The molecule has 0 saturated heterocycles. The first-order chi connectivity index (χ1) is 15.0. The third-order valence-electron chi connectivity index (χ3n) is 9.18. The average Bonchev–Trinajstić information content (AvgIpc) is 3.53. The van der Waals surface area contributed by atoms with Crippen LogP contribution in [0.3, 0.4) is 0 Å². The zero-order valence-electron chi connectivity index (χ0n) is 21.0. The van der Waals surface area contributed by atoms with Gasteiger partial charge in [-0.2, -0.15) is 0 Å². The molecule has 3 heteroatoms. The van der Waals surface area contributed by atoms with Gasteiger partial charge in [-0.05, 0) is 94.2 Å². The molecule has 0 spiro atoms. The van der Waals surface area contributed by atoms with Gasteiger partial charge in [0.05, 0.1) is 0 Å². The number of allylic oxidation sites excluding steroid dienone is 6. The molecule has 8 unspecified atom stereocenters. The smallest absolute Gasteiger partial charge is 0.427 e. The Kier molecular flexibility index (Phi) is 8.72. The summed E-state index contributed by atoms with van der Waals surface area (Å²) in [6, 6.07) is 0. The van der Waals surface area contributed by atoms with Crippen molar-refractivity contribution < 1.29 is 10.0 Å². The van der Waals surface area contributed by atoms with Gasteiger partial charge in [0.15, 0.2) is 0 Å². The average molecular weight is 426 g/mol. The maximum atomic E-state index is 9.60. The van der Waals surface area contributed by atoms with Crippen molar-refractivity contribution in [2.24, 2.45) is 41.4 Å². The van der Waals surface area contributed by atoms with Gasteiger partial charge in [0, 0.05) is 5.92 Å². The van der Waals surface area contributed by atoms with Crippen molar-refractivity contribution >= 4 is 7.12 Å². The van der Waals surface area contributed by atoms with E-state index in [0.717, 1.165) is 48.3 Å². The Morgan fingerprint density at radius 3 is 2.26 bits per heavy atom. The molecule has 31 heavy (non-hydrogen) atoms. The van der Waals surface area contributed by atoms with E-state index in [2.05, 4.69) is 45.9 Å². The minimum absolute atomic E-state index is 0.117. The molecule has 4 aliphatic carbocycles. The highest BCUT2D eigenvalue weighted by Gasteiger charge is 2.55. The molecule has 0 radical (unpaired) electrons. The lowest BCUT2D eigenvalue weighted by molar-refractivity contribution is 0.0974. The molecule has 3 saturated carbocycles. The molecule has 0 amide bonds. The Bertz CT molecular complexity index is 691. The third kappa shape index (κ3) is 5.08. The van der Waals surface area contributed by atoms with Crippen LogP contribution in [0.15, 0.2) is 34.9 Å². The normalized spacial score (nSPS) is 40.8. The van der Waals surface area contributed by atoms with E-state index in [9.17, 15) is 10.0 Å². The summed E-state index contributed by atoms with van der Waals surface area (Å²) in [5.74, 6) is 5.41. The van der Waals surface area contributed by atoms with Crippen LogP contribution in [0, 0.1) is 41.4 Å². The van der Waals surface area contributed by atoms with E-state index >= 15 is 0 Å². The van der Waals surface area contributed by atoms with Crippen LogP contribution in [0.2, 0.25) is 5.82 Å². The van der Waals surface area contributed by atoms with Gasteiger partial charge in [-0.15, -0.1) is 0 Å². The molecule has 174 valence electrons. The van der Waals surface area contributed by atoms with Crippen molar-refractivity contribution in [2.75, 3.05) is 0 Å². The zero-order chi connectivity index (χ0) is 22.7. The molecular weight excluding hydrogens is 379 g/mol. The molecule has 8 atom stereocenters. The largest absolute Gasteiger partial charge is 0.454 e. The SMILES string of the molecule is C/C=C1\C2C(/C(C)=C(\C)CCC)C=CC(C3CCC4CC(B(O)O)CCC4C3)C12.CC. The fourth-order valence-corrected chi connectivity index (χ4v) is 7.39. The van der Waals surface area contributed by atoms with Crippen LogP contribution in [0.1, 0.15) is 92.9 Å². The molecule has 0 bridgehead atoms. The molecule has 3 fully saturated rings. The van der Waals surface area contributed by atoms with E-state index in [0.29, 0.717) is 5.92 Å². The van der Waals surface area contributed by atoms with Crippen LogP contribution >= 0.6 is 0 Å². The second-order valence-electron chi connectivity index (χ2n) is 10.6. The zero-order valence-corrected chi connectivity index (χ0v) is 21.0. The lowest BCUT2D eigenvalue weighted by atomic mass is 9.55. The van der Waals surface area contributed by atoms with Crippen molar-refractivity contribution in [3.63, 3.8) is 0 Å². The Hall–Kier alpha value is -0.795. The lowest BCUT2D eigenvalue weighted by Crippen LogP contribution is -2.36. The first-order valence-corrected chi connectivity index (χ1v) is 13.3. The summed E-state index contributed by atoms with van der Waals surface area (Å²) in [4.78, 5) is 0. The van der Waals surface area contributed by atoms with E-state index in [-0.39, 0.29) is 5.82 Å². The summed E-state index contributed by atoms with van der Waals surface area (Å²) in [5.41, 5.74) is 4.95. The van der Waals surface area contributed by atoms with E-state index < -0.39 is 7.12 Å². The van der Waals surface area contributed by atoms with E-state index in [1.54, 1.807) is 16.7 Å². The summed E-state index contributed by atoms with van der Waals surface area (Å²) in [6.45, 7) is 13.2. The van der Waals surface area contributed by atoms with Crippen molar-refractivity contribution in [1.29, 1.82) is 0 Å². The third-order valence-corrected chi connectivity index (χ3v) is 9.18. The standard InChI is InChI=1S/C26H41BO2.C2H6/c1-5-7-16(3)17(4)23-12-13-24(26-22(6-2)25(23)26)20-9-8-19-15-21(27(28)29)11-10-18(19)14-20;1-2/h6,12-13,18-21,23-26,28-29H,5,7-11,14-15H2,1-4H3;1-2H3/b17-16+,22-6+;. The maximum Gasteiger partial charge on any atom is 0.454 e. The minimum Gasteiger partial charge on any atom is -0.427 e. The van der Waals surface area contributed by atoms with Gasteiger partial charge in [0.1, 0.15) is 0 Å². The van der Waals surface area contributed by atoms with Gasteiger partial charge >= 0.3 is 7.12 Å². The number of rotatable bonds is 5. The maximum absolute atomic E-state index is 9.60. The van der Waals surface area contributed by atoms with Crippen LogP contribution in [-0.2, 0) is 0 Å². The van der Waals surface area contributed by atoms with Crippen molar-refractivity contribution in [1.82, 2.24) is 0 Å². The first-order valence-electron chi connectivity index (χ1n) is 13.3. The Labute approximate surface area is 192 Å². The fourth-order valence-electron chi connectivity index (χ4n) is 7.39. The summed E-state index contributed by atoms with van der Waals surface area (Å²) in [6.07, 6.45) is 17.3. The molecule has 0 aliphatic heterocycles. The van der Waals surface area contributed by atoms with Crippen LogP contribution in [0.25, 0.3) is 0 Å². The number of fused-ring (bicyclic) bond motifs is 2. The lowest BCUT2D eigenvalue weighted by Gasteiger charge is -2.44. The van der Waals surface area contributed by atoms with Crippen molar-refractivity contribution in [3.8, 4) is 0 Å². The Balaban J connectivity index is 0.00000132. The van der Waals surface area contributed by atoms with E-state index in [1.807, 2.05) is 13.8 Å². The van der Waals surface area contributed by atoms with Gasteiger partial charge in [-0.3, -0.25) is 0 Å². The molecule has 2 N–H and O–H groups in total. The van der Waals surface area contributed by atoms with Crippen LogP contribution < -0.4 is 0 Å². The predicted octanol–water partition coefficient (Wildman–Crippen LogP) is 7.20. The summed E-state index contributed by atoms with van der Waals surface area (Å²) < 4.78 is 0. The molecule has 0 heterocycles. The van der Waals surface area contributed by atoms with E-state index in [1.165, 1.54) is 38.5 Å². The molecule has 0 aromatic heterocycles. The van der Waals surface area contributed by atoms with Gasteiger partial charge in [0.25, 0.3) is 0 Å². The molecule has 4 aliphatic rings. The Morgan fingerprint density at radius 1 is 0.968 bits per heavy atom. The molecule has 0 aromatic carbocycles. The quantitative estimate of drug-likeness (QED) is 0.360. The van der Waals surface area contributed by atoms with Crippen molar-refractivity contribution in [2.45, 2.75) is 98.7 Å². The van der Waals surface area contributed by atoms with E-state index in [4.69, 9.17) is 0 Å². The topological polar surface area (TPSA) is 40.5 Å². The van der Waals surface area contributed by atoms with Gasteiger partial charge in [0.2, 0.25) is 0 Å². The van der Waals surface area contributed by atoms with Gasteiger partial charge in [-0.1, -0.05) is 75.0 Å². The fraction of sp³-hybridized carbons (Fsp3) is 0.786. The highest BCUT2D eigenvalue weighted by molar-refractivity contribution is 6.43. The molecule has 4 rings (SSSR count). The van der Waals surface area contributed by atoms with Gasteiger partial charge in [-0.25, -0.2) is 0 Å². The highest BCUT2D eigenvalue weighted by Crippen LogP contribution is 2.63. The molecule has 2 nitrogen and oxygen atoms in total. The number of hydrogen-bond acceptors (Lipinski definition) is 2. The monoisotopic (exact) mass is 426 g/mol. The van der Waals surface area contributed by atoms with Crippen LogP contribution in [0.5, 0.6) is 0 Å². The van der Waals surface area contributed by atoms with Crippen LogP contribution in [0.4, 0.5) is 0 Å². The first kappa shape index (κ1) is 24.8. The minimum atomic E-state index is -1.11. The van der Waals surface area contributed by atoms with Crippen molar-refractivity contribution in [3.05, 3.63) is 34.9 Å². The van der Waals surface area contributed by atoms with Gasteiger partial charge < -0.3 is 10.0 Å². The molecular formula is C28H47BO2. The predicted molar refractivity (Wildman–Crippen MR) is 134 cm³/mol. The van der Waals surface area contributed by atoms with Crippen LogP contribution in [-0.4, -0.2) is 17.2 Å². The number of hydrogen-bond donors (Lipinski definition) is 2. The Morgan fingerprint density at radius 2 is 1.61 bits per heavy atom. The molecule has 0 aromatic rings. The second-order valence-corrected chi connectivity index (χ2v) is 10.6. The summed E-state index contributed by atoms with van der Waals surface area (Å²) in [7, 11) is -1.11. The summed E-state index contributed by atoms with van der Waals surface area (Å²) in [5, 5.41) is 19.2.